The Hall–Kier alpha value is -3.36. The van der Waals surface area contributed by atoms with E-state index in [0.717, 1.165) is 18.4 Å². The number of aliphatic hydroxyl groups is 3. The van der Waals surface area contributed by atoms with Crippen LogP contribution in [-0.4, -0.2) is 95.9 Å². The van der Waals surface area contributed by atoms with Crippen LogP contribution in [0.2, 0.25) is 0 Å². The first-order valence-electron chi connectivity index (χ1n) is 15.5. The molecule has 0 aromatic heterocycles. The number of esters is 1. The molecule has 13 heteroatoms. The Labute approximate surface area is 267 Å². The molecule has 2 heterocycles. The average Bonchev–Trinajstić information content (AvgIpc) is 3.22. The van der Waals surface area contributed by atoms with Crippen LogP contribution in [0.4, 0.5) is 0 Å². The van der Waals surface area contributed by atoms with Gasteiger partial charge in [0.05, 0.1) is 6.10 Å². The minimum atomic E-state index is -3.85. The van der Waals surface area contributed by atoms with Crippen LogP contribution in [0, 0.1) is 17.8 Å². The van der Waals surface area contributed by atoms with Gasteiger partial charge < -0.3 is 44.8 Å². The van der Waals surface area contributed by atoms with Gasteiger partial charge in [-0.2, -0.15) is 0 Å². The summed E-state index contributed by atoms with van der Waals surface area (Å²) in [7, 11) is 0. The lowest BCUT2D eigenvalue weighted by Crippen LogP contribution is -2.78. The summed E-state index contributed by atoms with van der Waals surface area (Å²) in [6.07, 6.45) is -6.95. The Morgan fingerprint density at radius 1 is 1.00 bits per heavy atom. The third-order valence-corrected chi connectivity index (χ3v) is 9.36. The third kappa shape index (κ3) is 6.98. The first-order valence-corrected chi connectivity index (χ1v) is 15.5. The van der Waals surface area contributed by atoms with E-state index in [4.69, 9.17) is 14.2 Å². The van der Waals surface area contributed by atoms with Gasteiger partial charge in [0.25, 0.3) is 0 Å². The molecule has 6 N–H and O–H groups in total. The highest BCUT2D eigenvalue weighted by Crippen LogP contribution is 2.56. The second-order valence-electron chi connectivity index (χ2n) is 12.9. The predicted octanol–water partition coefficient (Wildman–Crippen LogP) is 2.54. The lowest BCUT2D eigenvalue weighted by atomic mass is 9.74. The molecular weight excluding hydrogens is 604 g/mol. The van der Waals surface area contributed by atoms with Crippen LogP contribution in [0.5, 0.6) is 0 Å². The van der Waals surface area contributed by atoms with Crippen LogP contribution < -0.4 is 0 Å². The van der Waals surface area contributed by atoms with Gasteiger partial charge in [0, 0.05) is 12.8 Å². The molecule has 2 aliphatic heterocycles. The fourth-order valence-corrected chi connectivity index (χ4v) is 6.46. The molecular formula is C33H46O13. The monoisotopic (exact) mass is 650 g/mol. The van der Waals surface area contributed by atoms with E-state index in [2.05, 4.69) is 13.5 Å². The van der Waals surface area contributed by atoms with Crippen LogP contribution >= 0.6 is 0 Å². The van der Waals surface area contributed by atoms with E-state index in [9.17, 15) is 49.8 Å². The van der Waals surface area contributed by atoms with Crippen molar-refractivity contribution < 1.29 is 64.0 Å². The van der Waals surface area contributed by atoms with Gasteiger partial charge in [-0.05, 0) is 54.6 Å². The molecule has 2 aliphatic rings. The van der Waals surface area contributed by atoms with Crippen molar-refractivity contribution in [2.75, 3.05) is 0 Å². The zero-order chi connectivity index (χ0) is 34.6. The highest BCUT2D eigenvalue weighted by atomic mass is 16.8. The number of carboxylic acid groups (broad SMARTS) is 3. The topological polar surface area (TPSA) is 217 Å². The molecule has 2 saturated heterocycles. The summed E-state index contributed by atoms with van der Waals surface area (Å²) in [5.41, 5.74) is -6.17. The summed E-state index contributed by atoms with van der Waals surface area (Å²) >= 11 is 0. The first-order chi connectivity index (χ1) is 21.5. The molecule has 0 spiro atoms. The number of aliphatic carboxylic acids is 3. The van der Waals surface area contributed by atoms with E-state index in [1.165, 1.54) is 0 Å². The van der Waals surface area contributed by atoms with Crippen LogP contribution in [-0.2, 0) is 39.8 Å². The molecule has 256 valence electrons. The molecule has 0 radical (unpaired) electrons. The van der Waals surface area contributed by atoms with Gasteiger partial charge in [-0.25, -0.2) is 14.4 Å². The van der Waals surface area contributed by atoms with Crippen molar-refractivity contribution in [3.63, 3.8) is 0 Å². The van der Waals surface area contributed by atoms with Gasteiger partial charge in [-0.3, -0.25) is 4.79 Å². The quantitative estimate of drug-likeness (QED) is 0.106. The molecule has 0 amide bonds. The molecule has 0 unspecified atom stereocenters. The van der Waals surface area contributed by atoms with Gasteiger partial charge in [0.1, 0.15) is 6.10 Å². The van der Waals surface area contributed by atoms with E-state index in [1.54, 1.807) is 6.92 Å². The average molecular weight is 651 g/mol. The number of benzene rings is 1. The Morgan fingerprint density at radius 2 is 1.63 bits per heavy atom. The lowest BCUT2D eigenvalue weighted by Gasteiger charge is -2.48. The number of carboxylic acids is 3. The minimum absolute atomic E-state index is 0.0728. The molecule has 13 nitrogen and oxygen atoms in total. The number of fused-ring (bicyclic) bond motifs is 2. The van der Waals surface area contributed by atoms with E-state index in [1.807, 2.05) is 44.2 Å². The molecule has 2 fully saturated rings. The fourth-order valence-electron chi connectivity index (χ4n) is 6.46. The number of hydrogen-bond donors (Lipinski definition) is 6. The van der Waals surface area contributed by atoms with Crippen molar-refractivity contribution in [3.05, 3.63) is 48.0 Å². The fraction of sp³-hybridized carbons (Fsp3) is 0.636. The maximum Gasteiger partial charge on any atom is 0.344 e. The summed E-state index contributed by atoms with van der Waals surface area (Å²) in [5, 5.41) is 64.1. The van der Waals surface area contributed by atoms with Gasteiger partial charge in [0.2, 0.25) is 23.1 Å². The SMILES string of the molecule is C=C(CC[C@]12O[C@H](C(=O)O)[C@@](O)(C(=O)O)[C@](C(=O)O)(O1)[C@H](OC(=O)CC[C@@H](C)C[C@@H](C)CC)[C@H]2O)[C@H](O)[C@@H](C)Cc1ccccc1. The van der Waals surface area contributed by atoms with Gasteiger partial charge >= 0.3 is 23.9 Å². The predicted molar refractivity (Wildman–Crippen MR) is 161 cm³/mol. The number of aliphatic hydroxyl groups excluding tert-OH is 2. The molecule has 0 saturated carbocycles. The van der Waals surface area contributed by atoms with Crippen LogP contribution in [0.1, 0.15) is 71.8 Å². The standard InChI is InChI=1S/C33H46O13/c1-6-18(2)16-19(3)12-13-23(34)44-26-25(36)31(15-14-20(4)24(35)21(5)17-22-10-8-7-9-11-22)45-27(28(37)38)32(43,29(39)40)33(26,46-31)30(41)42/h7-11,18-19,21,24-27,35-36,43H,4,6,12-17H2,1-3,5H3,(H,37,38)(H,39,40)(H,41,42)/t18-,19+,21-,24-,25+,26+,27+,31-,32+,33-/m0/s1. The second-order valence-corrected chi connectivity index (χ2v) is 12.9. The van der Waals surface area contributed by atoms with Crippen molar-refractivity contribution in [3.8, 4) is 0 Å². The van der Waals surface area contributed by atoms with Crippen molar-refractivity contribution in [1.29, 1.82) is 0 Å². The number of rotatable bonds is 17. The van der Waals surface area contributed by atoms with Crippen LogP contribution in [0.25, 0.3) is 0 Å². The summed E-state index contributed by atoms with van der Waals surface area (Å²) in [6.45, 7) is 11.7. The Kier molecular flexibility index (Phi) is 11.8. The number of ether oxygens (including phenoxy) is 3. The number of carbonyl (C=O) groups is 4. The van der Waals surface area contributed by atoms with Gasteiger partial charge in [-0.15, -0.1) is 0 Å². The largest absolute Gasteiger partial charge is 0.479 e. The molecule has 1 aromatic carbocycles. The molecule has 10 atom stereocenters. The van der Waals surface area contributed by atoms with E-state index in [-0.39, 0.29) is 30.3 Å². The maximum absolute atomic E-state index is 13.0. The van der Waals surface area contributed by atoms with Gasteiger partial charge in [0.15, 0.2) is 6.10 Å². The van der Waals surface area contributed by atoms with Gasteiger partial charge in [-0.1, -0.05) is 71.0 Å². The van der Waals surface area contributed by atoms with E-state index >= 15 is 0 Å². The Balaban J connectivity index is 1.93. The van der Waals surface area contributed by atoms with Crippen molar-refractivity contribution >= 4 is 23.9 Å². The maximum atomic E-state index is 13.0. The smallest absolute Gasteiger partial charge is 0.344 e. The van der Waals surface area contributed by atoms with Crippen LogP contribution in [0.3, 0.4) is 0 Å². The molecule has 2 bridgehead atoms. The van der Waals surface area contributed by atoms with Crippen molar-refractivity contribution in [2.24, 2.45) is 17.8 Å². The molecule has 46 heavy (non-hydrogen) atoms. The summed E-state index contributed by atoms with van der Waals surface area (Å²) in [4.78, 5) is 50.6. The highest BCUT2D eigenvalue weighted by Gasteiger charge is 2.85. The first kappa shape index (κ1) is 37.1. The zero-order valence-corrected chi connectivity index (χ0v) is 26.6. The van der Waals surface area contributed by atoms with E-state index in [0.29, 0.717) is 18.8 Å². The number of hydrogen-bond acceptors (Lipinski definition) is 10. The Morgan fingerprint density at radius 3 is 2.17 bits per heavy atom. The summed E-state index contributed by atoms with van der Waals surface area (Å²) < 4.78 is 16.5. The third-order valence-electron chi connectivity index (χ3n) is 9.36. The molecule has 0 aliphatic carbocycles. The summed E-state index contributed by atoms with van der Waals surface area (Å²) in [5.74, 6) is -10.1. The van der Waals surface area contributed by atoms with Crippen molar-refractivity contribution in [1.82, 2.24) is 0 Å². The van der Waals surface area contributed by atoms with E-state index < -0.39 is 71.7 Å². The molecule has 1 aromatic rings. The Bertz CT molecular complexity index is 1280. The zero-order valence-electron chi connectivity index (χ0n) is 26.6. The van der Waals surface area contributed by atoms with Crippen LogP contribution in [0.15, 0.2) is 42.5 Å². The summed E-state index contributed by atoms with van der Waals surface area (Å²) in [6, 6.07) is 9.33. The molecule has 3 rings (SSSR count). The van der Waals surface area contributed by atoms with Crippen molar-refractivity contribution in [2.45, 2.75) is 114 Å². The highest BCUT2D eigenvalue weighted by molar-refractivity contribution is 5.98. The lowest BCUT2D eigenvalue weighted by molar-refractivity contribution is -0.374. The normalized spacial score (nSPS) is 31.3. The minimum Gasteiger partial charge on any atom is -0.479 e. The number of carbonyl (C=O) groups excluding carboxylic acids is 1. The second kappa shape index (κ2) is 14.6.